The number of cyclic esters (lactones) is 1. The van der Waals surface area contributed by atoms with Crippen molar-refractivity contribution in [1.82, 2.24) is 0 Å². The van der Waals surface area contributed by atoms with E-state index in [2.05, 4.69) is 0 Å². The number of esters is 1. The second-order valence-electron chi connectivity index (χ2n) is 4.68. The van der Waals surface area contributed by atoms with Crippen molar-refractivity contribution < 1.29 is 14.6 Å². The van der Waals surface area contributed by atoms with Gasteiger partial charge >= 0.3 is 5.97 Å². The van der Waals surface area contributed by atoms with Crippen LogP contribution in [0, 0.1) is 0 Å². The quantitative estimate of drug-likeness (QED) is 0.868. The zero-order valence-corrected chi connectivity index (χ0v) is 10.8. The first-order chi connectivity index (χ1) is 9.75. The molecule has 2 aromatic carbocycles. The fourth-order valence-electron chi connectivity index (χ4n) is 2.39. The number of carbonyl (C=O) groups excluding carboxylic acids is 1. The van der Waals surface area contributed by atoms with Crippen LogP contribution in [0.5, 0.6) is 0 Å². The SMILES string of the molecule is O=C1OC(O)C(c2ccccc2)=C1Cc1ccccc1. The van der Waals surface area contributed by atoms with Crippen LogP contribution in [-0.2, 0) is 16.0 Å². The number of aliphatic hydroxyl groups excluding tert-OH is 1. The van der Waals surface area contributed by atoms with Gasteiger partial charge in [0, 0.05) is 12.0 Å². The normalized spacial score (nSPS) is 18.2. The van der Waals surface area contributed by atoms with Crippen molar-refractivity contribution in [2.24, 2.45) is 0 Å². The van der Waals surface area contributed by atoms with Crippen LogP contribution in [0.15, 0.2) is 66.2 Å². The summed E-state index contributed by atoms with van der Waals surface area (Å²) in [7, 11) is 0. The van der Waals surface area contributed by atoms with Crippen LogP contribution in [0.4, 0.5) is 0 Å². The zero-order chi connectivity index (χ0) is 13.9. The van der Waals surface area contributed by atoms with E-state index in [1.165, 1.54) is 0 Å². The molecule has 0 aromatic heterocycles. The lowest BCUT2D eigenvalue weighted by Gasteiger charge is -2.08. The minimum atomic E-state index is -1.18. The van der Waals surface area contributed by atoms with Crippen LogP contribution in [-0.4, -0.2) is 17.4 Å². The molecule has 0 fully saturated rings. The first kappa shape index (κ1) is 12.6. The predicted molar refractivity (Wildman–Crippen MR) is 75.6 cm³/mol. The lowest BCUT2D eigenvalue weighted by atomic mass is 9.96. The molecule has 0 saturated carbocycles. The summed E-state index contributed by atoms with van der Waals surface area (Å²) in [6.45, 7) is 0. The molecule has 2 aromatic rings. The van der Waals surface area contributed by atoms with E-state index in [0.29, 0.717) is 17.6 Å². The van der Waals surface area contributed by atoms with E-state index in [0.717, 1.165) is 11.1 Å². The van der Waals surface area contributed by atoms with E-state index < -0.39 is 12.3 Å². The molecular weight excluding hydrogens is 252 g/mol. The molecule has 3 nitrogen and oxygen atoms in total. The van der Waals surface area contributed by atoms with E-state index >= 15 is 0 Å². The molecule has 0 spiro atoms. The van der Waals surface area contributed by atoms with E-state index in [9.17, 15) is 9.90 Å². The Kier molecular flexibility index (Phi) is 3.35. The average molecular weight is 266 g/mol. The molecule has 1 atom stereocenters. The van der Waals surface area contributed by atoms with Gasteiger partial charge in [-0.25, -0.2) is 4.79 Å². The van der Waals surface area contributed by atoms with Gasteiger partial charge in [0.05, 0.1) is 5.57 Å². The highest BCUT2D eigenvalue weighted by Gasteiger charge is 2.33. The van der Waals surface area contributed by atoms with Gasteiger partial charge in [0.15, 0.2) is 0 Å². The summed E-state index contributed by atoms with van der Waals surface area (Å²) < 4.78 is 4.96. The number of rotatable bonds is 3. The van der Waals surface area contributed by atoms with Crippen LogP contribution >= 0.6 is 0 Å². The van der Waals surface area contributed by atoms with Gasteiger partial charge in [-0.15, -0.1) is 0 Å². The summed E-state index contributed by atoms with van der Waals surface area (Å²) in [5.74, 6) is -0.444. The summed E-state index contributed by atoms with van der Waals surface area (Å²) in [6, 6.07) is 19.1. The Hall–Kier alpha value is -2.39. The second-order valence-corrected chi connectivity index (χ2v) is 4.68. The molecule has 3 rings (SSSR count). The van der Waals surface area contributed by atoms with Crippen molar-refractivity contribution in [3.05, 3.63) is 77.4 Å². The molecule has 20 heavy (non-hydrogen) atoms. The number of ether oxygens (including phenoxy) is 1. The Morgan fingerprint density at radius 3 is 2.20 bits per heavy atom. The maximum Gasteiger partial charge on any atom is 0.337 e. The lowest BCUT2D eigenvalue weighted by Crippen LogP contribution is -2.09. The van der Waals surface area contributed by atoms with Crippen molar-refractivity contribution in [2.45, 2.75) is 12.7 Å². The minimum Gasteiger partial charge on any atom is -0.428 e. The third-order valence-corrected chi connectivity index (χ3v) is 3.35. The Labute approximate surface area is 117 Å². The van der Waals surface area contributed by atoms with Crippen molar-refractivity contribution >= 4 is 11.5 Å². The maximum atomic E-state index is 11.9. The molecule has 0 aliphatic carbocycles. The first-order valence-corrected chi connectivity index (χ1v) is 6.47. The summed E-state index contributed by atoms with van der Waals surface area (Å²) in [4.78, 5) is 11.9. The van der Waals surface area contributed by atoms with Gasteiger partial charge in [-0.2, -0.15) is 0 Å². The number of carbonyl (C=O) groups is 1. The van der Waals surface area contributed by atoms with E-state index in [4.69, 9.17) is 4.74 Å². The molecule has 1 N–H and O–H groups in total. The third-order valence-electron chi connectivity index (χ3n) is 3.35. The smallest absolute Gasteiger partial charge is 0.337 e. The summed E-state index contributed by atoms with van der Waals surface area (Å²) in [5, 5.41) is 9.96. The third kappa shape index (κ3) is 2.36. The highest BCUT2D eigenvalue weighted by atomic mass is 16.6. The van der Waals surface area contributed by atoms with Crippen molar-refractivity contribution in [2.75, 3.05) is 0 Å². The monoisotopic (exact) mass is 266 g/mol. The molecule has 100 valence electrons. The number of hydrogen-bond acceptors (Lipinski definition) is 3. The van der Waals surface area contributed by atoms with Crippen molar-refractivity contribution in [1.29, 1.82) is 0 Å². The van der Waals surface area contributed by atoms with Crippen molar-refractivity contribution in [3.8, 4) is 0 Å². The molecule has 1 heterocycles. The van der Waals surface area contributed by atoms with E-state index in [-0.39, 0.29) is 0 Å². The van der Waals surface area contributed by atoms with Gasteiger partial charge in [-0.3, -0.25) is 0 Å². The molecule has 0 saturated heterocycles. The number of hydrogen-bond donors (Lipinski definition) is 1. The summed E-state index contributed by atoms with van der Waals surface area (Å²) in [5.41, 5.74) is 2.92. The molecule has 1 aliphatic rings. The van der Waals surface area contributed by atoms with Crippen LogP contribution in [0.3, 0.4) is 0 Å². The maximum absolute atomic E-state index is 11.9. The molecule has 0 radical (unpaired) electrons. The van der Waals surface area contributed by atoms with Gasteiger partial charge < -0.3 is 9.84 Å². The van der Waals surface area contributed by atoms with E-state index in [1.54, 1.807) is 0 Å². The summed E-state index contributed by atoms with van der Waals surface area (Å²) >= 11 is 0. The van der Waals surface area contributed by atoms with Gasteiger partial charge in [0.2, 0.25) is 6.29 Å². The fourth-order valence-corrected chi connectivity index (χ4v) is 2.39. The predicted octanol–water partition coefficient (Wildman–Crippen LogP) is 2.56. The molecule has 1 unspecified atom stereocenters. The first-order valence-electron chi connectivity index (χ1n) is 6.47. The lowest BCUT2D eigenvalue weighted by molar-refractivity contribution is -0.150. The van der Waals surface area contributed by atoms with Crippen LogP contribution < -0.4 is 0 Å². The Balaban J connectivity index is 2.03. The van der Waals surface area contributed by atoms with Crippen LogP contribution in [0.2, 0.25) is 0 Å². The van der Waals surface area contributed by atoms with Crippen LogP contribution in [0.1, 0.15) is 11.1 Å². The molecule has 1 aliphatic heterocycles. The molecular formula is C17H14O3. The number of aliphatic hydroxyl groups is 1. The molecule has 3 heteroatoms. The molecule has 0 amide bonds. The Bertz CT molecular complexity index is 644. The van der Waals surface area contributed by atoms with Gasteiger partial charge in [0.1, 0.15) is 0 Å². The second kappa shape index (κ2) is 5.31. The van der Waals surface area contributed by atoms with E-state index in [1.807, 2.05) is 60.7 Å². The molecule has 0 bridgehead atoms. The fraction of sp³-hybridized carbons (Fsp3) is 0.118. The highest BCUT2D eigenvalue weighted by Crippen LogP contribution is 2.32. The van der Waals surface area contributed by atoms with Crippen LogP contribution in [0.25, 0.3) is 5.57 Å². The summed E-state index contributed by atoms with van der Waals surface area (Å²) in [6.07, 6.45) is -0.718. The zero-order valence-electron chi connectivity index (χ0n) is 10.8. The standard InChI is InChI=1S/C17H14O3/c18-16-14(11-12-7-3-1-4-8-12)15(17(19)20-16)13-9-5-2-6-10-13/h1-10,17,19H,11H2. The largest absolute Gasteiger partial charge is 0.428 e. The minimum absolute atomic E-state index is 0.444. The van der Waals surface area contributed by atoms with Crippen molar-refractivity contribution in [3.63, 3.8) is 0 Å². The number of benzene rings is 2. The van der Waals surface area contributed by atoms with Gasteiger partial charge in [-0.05, 0) is 11.1 Å². The van der Waals surface area contributed by atoms with Gasteiger partial charge in [0.25, 0.3) is 0 Å². The topological polar surface area (TPSA) is 46.5 Å². The highest BCUT2D eigenvalue weighted by molar-refractivity contribution is 6.02. The van der Waals surface area contributed by atoms with Gasteiger partial charge in [-0.1, -0.05) is 60.7 Å². The Morgan fingerprint density at radius 1 is 0.950 bits per heavy atom. The Morgan fingerprint density at radius 2 is 1.55 bits per heavy atom. The average Bonchev–Trinajstić information content (AvgIpc) is 2.75.